The summed E-state index contributed by atoms with van der Waals surface area (Å²) in [5, 5.41) is 3.64. The highest BCUT2D eigenvalue weighted by Gasteiger charge is 2.22. The van der Waals surface area contributed by atoms with E-state index >= 15 is 0 Å². The Kier molecular flexibility index (Phi) is 5.58. The van der Waals surface area contributed by atoms with Gasteiger partial charge in [0.1, 0.15) is 11.4 Å². The molecule has 24 heavy (non-hydrogen) atoms. The molecule has 0 radical (unpaired) electrons. The minimum absolute atomic E-state index is 0.0710. The fraction of sp³-hybridized carbons (Fsp3) is 0.333. The minimum Gasteiger partial charge on any atom is -0.497 e. The molecular weight excluding hydrogens is 334 g/mol. The number of hydrogen-bond acceptors (Lipinski definition) is 6. The van der Waals surface area contributed by atoms with Gasteiger partial charge >= 0.3 is 5.97 Å². The van der Waals surface area contributed by atoms with Gasteiger partial charge in [-0.25, -0.2) is 17.9 Å². The lowest BCUT2D eigenvalue weighted by molar-refractivity contribution is 0.0513. The lowest BCUT2D eigenvalue weighted by atomic mass is 10.2. The fourth-order valence-electron chi connectivity index (χ4n) is 1.96. The second-order valence-electron chi connectivity index (χ2n) is 4.88. The van der Waals surface area contributed by atoms with Crippen molar-refractivity contribution in [2.45, 2.75) is 18.5 Å². The zero-order chi connectivity index (χ0) is 17.7. The first kappa shape index (κ1) is 18.0. The molecule has 0 aliphatic rings. The van der Waals surface area contributed by atoms with Gasteiger partial charge < -0.3 is 9.47 Å². The number of esters is 1. The molecule has 0 aliphatic carbocycles. The summed E-state index contributed by atoms with van der Waals surface area (Å²) in [5.41, 5.74) is 0.836. The first-order valence-corrected chi connectivity index (χ1v) is 8.69. The SMILES string of the molecule is CCOC(=O)c1cc(S(=O)(=O)NCc2ccc(OC)cc2)nn1C. The van der Waals surface area contributed by atoms with Crippen molar-refractivity contribution < 1.29 is 22.7 Å². The predicted molar refractivity (Wildman–Crippen MR) is 86.2 cm³/mol. The summed E-state index contributed by atoms with van der Waals surface area (Å²) in [6, 6.07) is 8.18. The van der Waals surface area contributed by atoms with Crippen LogP contribution >= 0.6 is 0 Å². The van der Waals surface area contributed by atoms with Crippen LogP contribution in [0.1, 0.15) is 23.0 Å². The molecule has 8 nitrogen and oxygen atoms in total. The quantitative estimate of drug-likeness (QED) is 0.748. The van der Waals surface area contributed by atoms with Crippen LogP contribution in [-0.2, 0) is 28.4 Å². The second kappa shape index (κ2) is 7.45. The Labute approximate surface area is 140 Å². The molecule has 0 unspecified atom stereocenters. The average Bonchev–Trinajstić information content (AvgIpc) is 2.96. The molecule has 0 fully saturated rings. The fourth-order valence-corrected chi connectivity index (χ4v) is 2.97. The van der Waals surface area contributed by atoms with Crippen LogP contribution in [0.5, 0.6) is 5.75 Å². The van der Waals surface area contributed by atoms with Crippen LogP contribution in [0, 0.1) is 0 Å². The summed E-state index contributed by atoms with van der Waals surface area (Å²) in [4.78, 5) is 11.7. The van der Waals surface area contributed by atoms with E-state index in [1.807, 2.05) is 0 Å². The Hall–Kier alpha value is -2.39. The third kappa shape index (κ3) is 4.12. The summed E-state index contributed by atoms with van der Waals surface area (Å²) in [7, 11) is -0.809. The van der Waals surface area contributed by atoms with E-state index in [9.17, 15) is 13.2 Å². The normalized spacial score (nSPS) is 11.3. The molecule has 0 saturated carbocycles. The number of carbonyl (C=O) groups excluding carboxylic acids is 1. The van der Waals surface area contributed by atoms with Gasteiger partial charge in [-0.2, -0.15) is 5.10 Å². The van der Waals surface area contributed by atoms with E-state index in [4.69, 9.17) is 9.47 Å². The van der Waals surface area contributed by atoms with Crippen LogP contribution < -0.4 is 9.46 Å². The minimum atomic E-state index is -3.85. The monoisotopic (exact) mass is 353 g/mol. The van der Waals surface area contributed by atoms with Crippen LogP contribution in [0.15, 0.2) is 35.4 Å². The molecule has 1 aromatic carbocycles. The summed E-state index contributed by atoms with van der Waals surface area (Å²) in [6.07, 6.45) is 0. The smallest absolute Gasteiger partial charge is 0.356 e. The van der Waals surface area contributed by atoms with Crippen LogP contribution in [0.25, 0.3) is 0 Å². The highest BCUT2D eigenvalue weighted by Crippen LogP contribution is 2.14. The maximum atomic E-state index is 12.3. The van der Waals surface area contributed by atoms with Gasteiger partial charge in [0.25, 0.3) is 10.0 Å². The topological polar surface area (TPSA) is 99.5 Å². The van der Waals surface area contributed by atoms with Crippen molar-refractivity contribution in [2.75, 3.05) is 13.7 Å². The number of rotatable bonds is 7. The third-order valence-corrected chi connectivity index (χ3v) is 4.52. The summed E-state index contributed by atoms with van der Waals surface area (Å²) >= 11 is 0. The molecule has 9 heteroatoms. The van der Waals surface area contributed by atoms with Gasteiger partial charge in [0.15, 0.2) is 5.03 Å². The Morgan fingerprint density at radius 1 is 1.29 bits per heavy atom. The molecule has 130 valence electrons. The molecule has 1 aromatic heterocycles. The van der Waals surface area contributed by atoms with Crippen molar-refractivity contribution in [3.8, 4) is 5.75 Å². The van der Waals surface area contributed by atoms with Crippen LogP contribution in [-0.4, -0.2) is 37.9 Å². The van der Waals surface area contributed by atoms with Crippen LogP contribution in [0.3, 0.4) is 0 Å². The van der Waals surface area contributed by atoms with E-state index in [1.165, 1.54) is 17.8 Å². The Balaban J connectivity index is 2.12. The molecule has 0 spiro atoms. The highest BCUT2D eigenvalue weighted by atomic mass is 32.2. The van der Waals surface area contributed by atoms with E-state index in [0.29, 0.717) is 5.75 Å². The Bertz CT molecular complexity index is 812. The molecular formula is C15H19N3O5S. The molecule has 0 saturated heterocycles. The van der Waals surface area contributed by atoms with Crippen molar-refractivity contribution in [2.24, 2.45) is 7.05 Å². The number of ether oxygens (including phenoxy) is 2. The van der Waals surface area contributed by atoms with E-state index in [0.717, 1.165) is 5.56 Å². The van der Waals surface area contributed by atoms with Crippen LogP contribution in [0.2, 0.25) is 0 Å². The number of aromatic nitrogens is 2. The number of carbonyl (C=O) groups is 1. The number of benzene rings is 1. The van der Waals surface area contributed by atoms with Crippen molar-refractivity contribution in [1.29, 1.82) is 0 Å². The molecule has 0 atom stereocenters. The molecule has 1 N–H and O–H groups in total. The number of aryl methyl sites for hydroxylation is 1. The van der Waals surface area contributed by atoms with Crippen molar-refractivity contribution >= 4 is 16.0 Å². The summed E-state index contributed by atoms with van der Waals surface area (Å²) < 4.78 is 38.2. The molecule has 0 aliphatic heterocycles. The first-order chi connectivity index (χ1) is 11.4. The van der Waals surface area contributed by atoms with E-state index in [1.54, 1.807) is 38.3 Å². The van der Waals surface area contributed by atoms with Gasteiger partial charge in [-0.05, 0) is 24.6 Å². The van der Waals surface area contributed by atoms with Gasteiger partial charge in [0.2, 0.25) is 0 Å². The number of hydrogen-bond donors (Lipinski definition) is 1. The van der Waals surface area contributed by atoms with Gasteiger partial charge in [-0.3, -0.25) is 4.68 Å². The molecule has 2 aromatic rings. The van der Waals surface area contributed by atoms with Crippen molar-refractivity contribution in [3.63, 3.8) is 0 Å². The predicted octanol–water partition coefficient (Wildman–Crippen LogP) is 1.08. The number of nitrogens with zero attached hydrogens (tertiary/aromatic N) is 2. The second-order valence-corrected chi connectivity index (χ2v) is 6.60. The lowest BCUT2D eigenvalue weighted by Crippen LogP contribution is -2.23. The average molecular weight is 353 g/mol. The molecule has 2 rings (SSSR count). The zero-order valence-electron chi connectivity index (χ0n) is 13.6. The van der Waals surface area contributed by atoms with Gasteiger partial charge in [0.05, 0.1) is 13.7 Å². The Morgan fingerprint density at radius 2 is 1.96 bits per heavy atom. The zero-order valence-corrected chi connectivity index (χ0v) is 14.5. The van der Waals surface area contributed by atoms with Gasteiger partial charge in [0, 0.05) is 19.7 Å². The molecule has 1 heterocycles. The summed E-state index contributed by atoms with van der Waals surface area (Å²) in [6.45, 7) is 1.96. The van der Waals surface area contributed by atoms with E-state index < -0.39 is 16.0 Å². The highest BCUT2D eigenvalue weighted by molar-refractivity contribution is 7.89. The summed E-state index contributed by atoms with van der Waals surface area (Å²) in [5.74, 6) is 0.0644. The van der Waals surface area contributed by atoms with Crippen LogP contribution in [0.4, 0.5) is 0 Å². The third-order valence-electron chi connectivity index (χ3n) is 3.24. The maximum Gasteiger partial charge on any atom is 0.356 e. The first-order valence-electron chi connectivity index (χ1n) is 7.21. The maximum absolute atomic E-state index is 12.3. The standard InChI is InChI=1S/C15H19N3O5S/c1-4-23-15(19)13-9-14(17-18(13)2)24(20,21)16-10-11-5-7-12(22-3)8-6-11/h5-9,16H,4,10H2,1-3H3. The van der Waals surface area contributed by atoms with E-state index in [-0.39, 0.29) is 23.9 Å². The van der Waals surface area contributed by atoms with E-state index in [2.05, 4.69) is 9.82 Å². The number of sulfonamides is 1. The van der Waals surface area contributed by atoms with Crippen molar-refractivity contribution in [3.05, 3.63) is 41.6 Å². The number of nitrogens with one attached hydrogen (secondary N) is 1. The number of methoxy groups -OCH3 is 1. The van der Waals surface area contributed by atoms with Gasteiger partial charge in [-0.15, -0.1) is 0 Å². The lowest BCUT2D eigenvalue weighted by Gasteiger charge is -2.05. The van der Waals surface area contributed by atoms with Crippen molar-refractivity contribution in [1.82, 2.24) is 14.5 Å². The largest absolute Gasteiger partial charge is 0.497 e. The van der Waals surface area contributed by atoms with Gasteiger partial charge in [-0.1, -0.05) is 12.1 Å². The molecule has 0 amide bonds. The molecule has 0 bridgehead atoms. The Morgan fingerprint density at radius 3 is 2.54 bits per heavy atom.